The minimum atomic E-state index is -0.573. The Bertz CT molecular complexity index is 653. The molecule has 0 bridgehead atoms. The Kier molecular flexibility index (Phi) is 10.1. The summed E-state index contributed by atoms with van der Waals surface area (Å²) < 4.78 is 0. The van der Waals surface area contributed by atoms with Crippen LogP contribution in [0.15, 0.2) is 24.3 Å². The van der Waals surface area contributed by atoms with Gasteiger partial charge in [0.25, 0.3) is 0 Å². The number of hydrogen-bond donors (Lipinski definition) is 3. The Morgan fingerprint density at radius 2 is 1.86 bits per heavy atom. The number of nitrogens with zero attached hydrogens (tertiary/aromatic N) is 1. The van der Waals surface area contributed by atoms with Crippen molar-refractivity contribution in [1.29, 1.82) is 0 Å². The molecule has 2 aliphatic rings. The van der Waals surface area contributed by atoms with Crippen molar-refractivity contribution < 1.29 is 9.59 Å². The molecular weight excluding hydrogens is 399 g/mol. The lowest BCUT2D eigenvalue weighted by atomic mass is 9.85. The van der Waals surface area contributed by atoms with E-state index in [-0.39, 0.29) is 48.6 Å². The van der Waals surface area contributed by atoms with Gasteiger partial charge >= 0.3 is 0 Å². The van der Waals surface area contributed by atoms with E-state index in [4.69, 9.17) is 5.73 Å². The van der Waals surface area contributed by atoms with Crippen LogP contribution >= 0.6 is 24.8 Å². The second-order valence-electron chi connectivity index (χ2n) is 7.59. The summed E-state index contributed by atoms with van der Waals surface area (Å²) in [6, 6.07) is 7.42. The van der Waals surface area contributed by atoms with Gasteiger partial charge in [-0.15, -0.1) is 24.8 Å². The zero-order valence-corrected chi connectivity index (χ0v) is 18.0. The van der Waals surface area contributed by atoms with Crippen LogP contribution in [0.25, 0.3) is 0 Å². The fourth-order valence-electron chi connectivity index (χ4n) is 3.87. The smallest absolute Gasteiger partial charge is 0.246 e. The number of rotatable bonds is 5. The van der Waals surface area contributed by atoms with Crippen molar-refractivity contribution in [2.24, 2.45) is 11.7 Å². The third-order valence-electron chi connectivity index (χ3n) is 5.42. The van der Waals surface area contributed by atoms with Crippen molar-refractivity contribution >= 4 is 48.0 Å². The summed E-state index contributed by atoms with van der Waals surface area (Å²) in [5.74, 6) is -0.335. The molecule has 0 radical (unpaired) electrons. The number of anilines is 2. The first-order chi connectivity index (χ1) is 12.5. The highest BCUT2D eigenvalue weighted by molar-refractivity contribution is 5.97. The summed E-state index contributed by atoms with van der Waals surface area (Å²) in [5, 5.41) is 5.76. The van der Waals surface area contributed by atoms with E-state index in [0.29, 0.717) is 6.42 Å². The van der Waals surface area contributed by atoms with Gasteiger partial charge in [0.15, 0.2) is 0 Å². The molecule has 2 fully saturated rings. The molecular formula is C20H32Cl2N4O2. The number of benzene rings is 1. The van der Waals surface area contributed by atoms with E-state index in [1.54, 1.807) is 6.92 Å². The molecule has 2 amide bonds. The van der Waals surface area contributed by atoms with E-state index in [2.05, 4.69) is 21.6 Å². The van der Waals surface area contributed by atoms with Gasteiger partial charge in [-0.2, -0.15) is 0 Å². The molecule has 1 aromatic carbocycles. The highest BCUT2D eigenvalue weighted by Gasteiger charge is 2.27. The SMILES string of the molecule is CC(NC(=O)C1CCCC(N)C1)C(=O)Nc1cccc(N2CCCC2)c1.Cl.Cl. The predicted octanol–water partition coefficient (Wildman–Crippen LogP) is 3.09. The van der Waals surface area contributed by atoms with Crippen molar-refractivity contribution in [3.05, 3.63) is 24.3 Å². The lowest BCUT2D eigenvalue weighted by Crippen LogP contribution is -2.46. The first kappa shape index (κ1) is 24.5. The first-order valence-corrected chi connectivity index (χ1v) is 9.75. The Hall–Kier alpha value is -1.50. The Morgan fingerprint density at radius 1 is 1.14 bits per heavy atom. The molecule has 6 nitrogen and oxygen atoms in total. The maximum atomic E-state index is 12.5. The molecule has 0 spiro atoms. The topological polar surface area (TPSA) is 87.5 Å². The predicted molar refractivity (Wildman–Crippen MR) is 119 cm³/mol. The van der Waals surface area contributed by atoms with Crippen molar-refractivity contribution in [1.82, 2.24) is 5.32 Å². The lowest BCUT2D eigenvalue weighted by molar-refractivity contribution is -0.129. The van der Waals surface area contributed by atoms with Crippen LogP contribution < -0.4 is 21.3 Å². The monoisotopic (exact) mass is 430 g/mol. The van der Waals surface area contributed by atoms with Crippen molar-refractivity contribution in [2.45, 2.75) is 57.5 Å². The first-order valence-electron chi connectivity index (χ1n) is 9.75. The number of nitrogens with two attached hydrogens (primary N) is 1. The van der Waals surface area contributed by atoms with Crippen LogP contribution in [0.1, 0.15) is 45.4 Å². The standard InChI is InChI=1S/C20H30N4O2.2ClH/c1-14(22-20(26)15-6-4-7-16(21)12-15)19(25)23-17-8-5-9-18(13-17)24-10-2-3-11-24;;/h5,8-9,13-16H,2-4,6-7,10-12,21H2,1H3,(H,22,26)(H,23,25);2*1H. The molecule has 1 heterocycles. The quantitative estimate of drug-likeness (QED) is 0.669. The van der Waals surface area contributed by atoms with Crippen molar-refractivity contribution in [3.8, 4) is 0 Å². The highest BCUT2D eigenvalue weighted by atomic mass is 35.5. The van der Waals surface area contributed by atoms with E-state index in [0.717, 1.165) is 43.7 Å². The molecule has 3 unspecified atom stereocenters. The molecule has 8 heteroatoms. The lowest BCUT2D eigenvalue weighted by Gasteiger charge is -2.26. The van der Waals surface area contributed by atoms with Crippen LogP contribution in [0, 0.1) is 5.92 Å². The van der Waals surface area contributed by atoms with Gasteiger partial charge in [-0.1, -0.05) is 12.5 Å². The van der Waals surface area contributed by atoms with E-state index in [1.165, 1.54) is 12.8 Å². The maximum Gasteiger partial charge on any atom is 0.246 e. The van der Waals surface area contributed by atoms with Crippen molar-refractivity contribution in [3.63, 3.8) is 0 Å². The van der Waals surface area contributed by atoms with E-state index >= 15 is 0 Å². The molecule has 1 aromatic rings. The van der Waals surface area contributed by atoms with Gasteiger partial charge in [0.1, 0.15) is 6.04 Å². The number of halogens is 2. The minimum absolute atomic E-state index is 0. The molecule has 158 valence electrons. The molecule has 3 rings (SSSR count). The van der Waals surface area contributed by atoms with E-state index < -0.39 is 6.04 Å². The largest absolute Gasteiger partial charge is 0.371 e. The Labute approximate surface area is 179 Å². The number of carbonyl (C=O) groups is 2. The van der Waals surface area contributed by atoms with Crippen LogP contribution in [0.4, 0.5) is 11.4 Å². The molecule has 0 aromatic heterocycles. The average Bonchev–Trinajstić information content (AvgIpc) is 3.16. The highest BCUT2D eigenvalue weighted by Crippen LogP contribution is 2.24. The van der Waals surface area contributed by atoms with Gasteiger partial charge in [-0.05, 0) is 57.2 Å². The fourth-order valence-corrected chi connectivity index (χ4v) is 3.87. The van der Waals surface area contributed by atoms with E-state index in [9.17, 15) is 9.59 Å². The van der Waals surface area contributed by atoms with E-state index in [1.807, 2.05) is 18.2 Å². The van der Waals surface area contributed by atoms with Gasteiger partial charge < -0.3 is 21.3 Å². The number of amides is 2. The number of carbonyl (C=O) groups excluding carboxylic acids is 2. The molecule has 3 atom stereocenters. The average molecular weight is 431 g/mol. The molecule has 1 saturated heterocycles. The fraction of sp³-hybridized carbons (Fsp3) is 0.600. The Morgan fingerprint density at radius 3 is 2.54 bits per heavy atom. The normalized spacial score (nSPS) is 22.4. The summed E-state index contributed by atoms with van der Waals surface area (Å²) in [6.45, 7) is 3.85. The summed E-state index contributed by atoms with van der Waals surface area (Å²) >= 11 is 0. The molecule has 1 saturated carbocycles. The van der Waals surface area contributed by atoms with Crippen molar-refractivity contribution in [2.75, 3.05) is 23.3 Å². The Balaban J connectivity index is 0.00000196. The second kappa shape index (κ2) is 11.5. The van der Waals surface area contributed by atoms with Crippen LogP contribution in [0.3, 0.4) is 0 Å². The summed E-state index contributed by atoms with van der Waals surface area (Å²) in [6.07, 6.45) is 5.94. The number of nitrogens with one attached hydrogen (secondary N) is 2. The number of hydrogen-bond acceptors (Lipinski definition) is 4. The van der Waals surface area contributed by atoms with Gasteiger partial charge in [0, 0.05) is 36.4 Å². The summed E-state index contributed by atoms with van der Waals surface area (Å²) in [7, 11) is 0. The third-order valence-corrected chi connectivity index (χ3v) is 5.42. The molecule has 1 aliphatic carbocycles. The van der Waals surface area contributed by atoms with Crippen LogP contribution in [0.2, 0.25) is 0 Å². The van der Waals surface area contributed by atoms with Crippen LogP contribution in [-0.4, -0.2) is 37.0 Å². The second-order valence-corrected chi connectivity index (χ2v) is 7.59. The summed E-state index contributed by atoms with van der Waals surface area (Å²) in [5.41, 5.74) is 7.85. The van der Waals surface area contributed by atoms with Gasteiger partial charge in [0.05, 0.1) is 0 Å². The maximum absolute atomic E-state index is 12.5. The molecule has 28 heavy (non-hydrogen) atoms. The zero-order chi connectivity index (χ0) is 18.5. The van der Waals surface area contributed by atoms with Crippen LogP contribution in [-0.2, 0) is 9.59 Å². The zero-order valence-electron chi connectivity index (χ0n) is 16.4. The third kappa shape index (κ3) is 6.54. The summed E-state index contributed by atoms with van der Waals surface area (Å²) in [4.78, 5) is 27.2. The molecule has 4 N–H and O–H groups in total. The van der Waals surface area contributed by atoms with Gasteiger partial charge in [0.2, 0.25) is 11.8 Å². The van der Waals surface area contributed by atoms with Crippen LogP contribution in [0.5, 0.6) is 0 Å². The molecule has 1 aliphatic heterocycles. The minimum Gasteiger partial charge on any atom is -0.371 e. The van der Waals surface area contributed by atoms with Gasteiger partial charge in [-0.25, -0.2) is 0 Å². The van der Waals surface area contributed by atoms with Gasteiger partial charge in [-0.3, -0.25) is 9.59 Å².